The normalized spacial score (nSPS) is 11.2. The molecule has 0 saturated heterocycles. The van der Waals surface area contributed by atoms with Gasteiger partial charge in [-0.2, -0.15) is 0 Å². The molecule has 4 rings (SSSR count). The first-order valence-corrected chi connectivity index (χ1v) is 12.1. The van der Waals surface area contributed by atoms with Gasteiger partial charge in [-0.3, -0.25) is 14.7 Å². The van der Waals surface area contributed by atoms with Gasteiger partial charge in [0.25, 0.3) is 5.91 Å². The number of rotatable bonds is 7. The van der Waals surface area contributed by atoms with Crippen LogP contribution in [-0.4, -0.2) is 21.1 Å². The zero-order valence-corrected chi connectivity index (χ0v) is 19.5. The van der Waals surface area contributed by atoms with Gasteiger partial charge in [0.05, 0.1) is 22.5 Å². The highest BCUT2D eigenvalue weighted by Gasteiger charge is 2.23. The molecule has 0 aliphatic carbocycles. The molecule has 0 N–H and O–H groups in total. The number of pyridine rings is 1. The molecule has 0 aliphatic rings. The number of hydrogen-bond acceptors (Lipinski definition) is 5. The van der Waals surface area contributed by atoms with E-state index in [1.807, 2.05) is 36.4 Å². The molecule has 4 aromatic rings. The predicted octanol–water partition coefficient (Wildman–Crippen LogP) is 6.60. The number of carbonyl (C=O) groups is 1. The summed E-state index contributed by atoms with van der Waals surface area (Å²) in [6.07, 6.45) is 2.66. The molecular weight excluding hydrogens is 422 g/mol. The minimum atomic E-state index is -0.0611. The Labute approximate surface area is 191 Å². The number of aromatic nitrogens is 2. The Bertz CT molecular complexity index is 1190. The fourth-order valence-electron chi connectivity index (χ4n) is 3.40. The number of fused-ring (bicyclic) bond motifs is 1. The van der Waals surface area contributed by atoms with Crippen LogP contribution in [0, 0.1) is 0 Å². The van der Waals surface area contributed by atoms with Crippen molar-refractivity contribution in [1.29, 1.82) is 0 Å². The maximum atomic E-state index is 13.7. The van der Waals surface area contributed by atoms with Gasteiger partial charge < -0.3 is 0 Å². The van der Waals surface area contributed by atoms with Crippen molar-refractivity contribution in [2.24, 2.45) is 0 Å². The Balaban J connectivity index is 1.75. The standard InChI is InChI=1S/C25H25N3OS2/c1-4-18-9-8-13-22-23(18)27-25(31-22)28(16-20-11-5-6-14-26-20)24(29)19-10-7-12-21(15-19)30-17(2)3/h5-15,17H,4,16H2,1-3H3. The molecule has 0 aliphatic heterocycles. The molecule has 0 fully saturated rings. The molecule has 0 saturated carbocycles. The molecule has 4 nitrogen and oxygen atoms in total. The summed E-state index contributed by atoms with van der Waals surface area (Å²) in [6.45, 7) is 6.81. The van der Waals surface area contributed by atoms with Crippen LogP contribution in [0.5, 0.6) is 0 Å². The summed E-state index contributed by atoms with van der Waals surface area (Å²) in [5, 5.41) is 1.15. The first-order valence-electron chi connectivity index (χ1n) is 10.4. The van der Waals surface area contributed by atoms with Gasteiger partial charge in [-0.15, -0.1) is 11.8 Å². The highest BCUT2D eigenvalue weighted by atomic mass is 32.2. The van der Waals surface area contributed by atoms with Crippen LogP contribution in [0.4, 0.5) is 5.13 Å². The molecule has 6 heteroatoms. The molecule has 0 radical (unpaired) electrons. The smallest absolute Gasteiger partial charge is 0.260 e. The van der Waals surface area contributed by atoms with Crippen LogP contribution in [0.3, 0.4) is 0 Å². The van der Waals surface area contributed by atoms with E-state index in [9.17, 15) is 4.79 Å². The number of anilines is 1. The molecule has 0 atom stereocenters. The summed E-state index contributed by atoms with van der Waals surface area (Å²) < 4.78 is 1.09. The summed E-state index contributed by atoms with van der Waals surface area (Å²) in [5.74, 6) is -0.0611. The maximum absolute atomic E-state index is 13.7. The van der Waals surface area contributed by atoms with Crippen molar-refractivity contribution in [3.8, 4) is 0 Å². The van der Waals surface area contributed by atoms with Crippen LogP contribution in [0.25, 0.3) is 10.2 Å². The van der Waals surface area contributed by atoms with Crippen molar-refractivity contribution in [3.63, 3.8) is 0 Å². The summed E-state index contributed by atoms with van der Waals surface area (Å²) in [7, 11) is 0. The minimum Gasteiger partial charge on any atom is -0.278 e. The first kappa shape index (κ1) is 21.5. The van der Waals surface area contributed by atoms with Crippen LogP contribution in [0.1, 0.15) is 42.4 Å². The second-order valence-corrected chi connectivity index (χ2v) is 10.2. The van der Waals surface area contributed by atoms with Crippen LogP contribution < -0.4 is 4.90 Å². The summed E-state index contributed by atoms with van der Waals surface area (Å²) in [5.41, 5.74) is 3.67. The molecule has 2 aromatic carbocycles. The third kappa shape index (κ3) is 4.97. The number of hydrogen-bond donors (Lipinski definition) is 0. The van der Waals surface area contributed by atoms with Crippen molar-refractivity contribution in [2.75, 3.05) is 4.90 Å². The molecule has 31 heavy (non-hydrogen) atoms. The topological polar surface area (TPSA) is 46.1 Å². The quantitative estimate of drug-likeness (QED) is 0.299. The second-order valence-electron chi connectivity index (χ2n) is 7.52. The molecule has 1 amide bonds. The van der Waals surface area contributed by atoms with Crippen molar-refractivity contribution in [1.82, 2.24) is 9.97 Å². The van der Waals surface area contributed by atoms with Gasteiger partial charge in [-0.05, 0) is 48.4 Å². The number of benzene rings is 2. The number of thioether (sulfide) groups is 1. The number of para-hydroxylation sites is 1. The third-order valence-corrected chi connectivity index (χ3v) is 6.89. The van der Waals surface area contributed by atoms with Gasteiger partial charge in [0.2, 0.25) is 0 Å². The Morgan fingerprint density at radius 1 is 1.10 bits per heavy atom. The number of thiazole rings is 1. The van der Waals surface area contributed by atoms with E-state index in [2.05, 4.69) is 50.0 Å². The molecule has 0 unspecified atom stereocenters. The molecule has 0 spiro atoms. The van der Waals surface area contributed by atoms with Gasteiger partial charge in [-0.25, -0.2) is 4.98 Å². The van der Waals surface area contributed by atoms with E-state index >= 15 is 0 Å². The number of aryl methyl sites for hydroxylation is 1. The van der Waals surface area contributed by atoms with Gasteiger partial charge in [0.1, 0.15) is 0 Å². The predicted molar refractivity (Wildman–Crippen MR) is 131 cm³/mol. The molecule has 2 aromatic heterocycles. The summed E-state index contributed by atoms with van der Waals surface area (Å²) >= 11 is 3.31. The van der Waals surface area contributed by atoms with Gasteiger partial charge >= 0.3 is 0 Å². The lowest BCUT2D eigenvalue weighted by Gasteiger charge is -2.20. The van der Waals surface area contributed by atoms with E-state index in [0.29, 0.717) is 22.5 Å². The minimum absolute atomic E-state index is 0.0611. The second kappa shape index (κ2) is 9.62. The van der Waals surface area contributed by atoms with E-state index < -0.39 is 0 Å². The molecule has 158 valence electrons. The molecule has 2 heterocycles. The molecular formula is C25H25N3OS2. The average Bonchev–Trinajstić information content (AvgIpc) is 3.21. The van der Waals surface area contributed by atoms with Crippen molar-refractivity contribution in [3.05, 3.63) is 83.7 Å². The highest BCUT2D eigenvalue weighted by molar-refractivity contribution is 7.99. The van der Waals surface area contributed by atoms with Gasteiger partial charge in [0, 0.05) is 21.9 Å². The summed E-state index contributed by atoms with van der Waals surface area (Å²) in [6, 6.07) is 19.8. The monoisotopic (exact) mass is 447 g/mol. The van der Waals surface area contributed by atoms with E-state index in [1.54, 1.807) is 34.2 Å². The maximum Gasteiger partial charge on any atom is 0.260 e. The van der Waals surface area contributed by atoms with Crippen LogP contribution in [-0.2, 0) is 13.0 Å². The number of nitrogens with zero attached hydrogens (tertiary/aromatic N) is 3. The first-order chi connectivity index (χ1) is 15.0. The van der Waals surface area contributed by atoms with Crippen LogP contribution in [0.2, 0.25) is 0 Å². The Morgan fingerprint density at radius 3 is 2.68 bits per heavy atom. The van der Waals surface area contributed by atoms with Crippen LogP contribution in [0.15, 0.2) is 71.8 Å². The Hall–Kier alpha value is -2.70. The zero-order chi connectivity index (χ0) is 21.8. The lowest BCUT2D eigenvalue weighted by atomic mass is 10.1. The van der Waals surface area contributed by atoms with E-state index in [4.69, 9.17) is 4.98 Å². The number of amides is 1. The lowest BCUT2D eigenvalue weighted by molar-refractivity contribution is 0.0984. The zero-order valence-electron chi connectivity index (χ0n) is 17.9. The summed E-state index contributed by atoms with van der Waals surface area (Å²) in [4.78, 5) is 25.9. The van der Waals surface area contributed by atoms with E-state index in [1.165, 1.54) is 5.56 Å². The highest BCUT2D eigenvalue weighted by Crippen LogP contribution is 2.33. The third-order valence-electron chi connectivity index (χ3n) is 4.85. The van der Waals surface area contributed by atoms with Gasteiger partial charge in [-0.1, -0.05) is 56.4 Å². The SMILES string of the molecule is CCc1cccc2sc(N(Cc3ccccn3)C(=O)c3cccc(SC(C)C)c3)nc12. The van der Waals surface area contributed by atoms with Crippen molar-refractivity contribution < 1.29 is 4.79 Å². The Kier molecular flexibility index (Phi) is 6.68. The largest absolute Gasteiger partial charge is 0.278 e. The average molecular weight is 448 g/mol. The van der Waals surface area contributed by atoms with Crippen molar-refractivity contribution in [2.45, 2.75) is 43.9 Å². The molecule has 0 bridgehead atoms. The fourth-order valence-corrected chi connectivity index (χ4v) is 5.31. The van der Waals surface area contributed by atoms with E-state index in [0.717, 1.165) is 27.2 Å². The van der Waals surface area contributed by atoms with E-state index in [-0.39, 0.29) is 5.91 Å². The van der Waals surface area contributed by atoms with Crippen LogP contribution >= 0.6 is 23.1 Å². The number of carbonyl (C=O) groups excluding carboxylic acids is 1. The lowest BCUT2D eigenvalue weighted by Crippen LogP contribution is -2.30. The van der Waals surface area contributed by atoms with Crippen molar-refractivity contribution >= 4 is 44.4 Å². The Morgan fingerprint density at radius 2 is 1.94 bits per heavy atom. The fraction of sp³-hybridized carbons (Fsp3) is 0.240. The van der Waals surface area contributed by atoms with Gasteiger partial charge in [0.15, 0.2) is 5.13 Å².